The van der Waals surface area contributed by atoms with Crippen LogP contribution in [0.4, 0.5) is 8.78 Å². The first kappa shape index (κ1) is 15.5. The van der Waals surface area contributed by atoms with Gasteiger partial charge in [-0.15, -0.1) is 0 Å². The fourth-order valence-corrected chi connectivity index (χ4v) is 2.91. The molecule has 0 saturated carbocycles. The lowest BCUT2D eigenvalue weighted by atomic mass is 10.3. The van der Waals surface area contributed by atoms with E-state index < -0.39 is 5.92 Å². The van der Waals surface area contributed by atoms with Crippen LogP contribution in [0.3, 0.4) is 0 Å². The van der Waals surface area contributed by atoms with Gasteiger partial charge in [-0.3, -0.25) is 10.2 Å². The molecular weight excluding hydrogens is 332 g/mol. The molecule has 25 heavy (non-hydrogen) atoms. The molecule has 132 valence electrons. The Labute approximate surface area is 142 Å². The van der Waals surface area contributed by atoms with Crippen LogP contribution in [-0.4, -0.2) is 46.8 Å². The molecule has 1 amide bonds. The molecule has 0 aliphatic carbocycles. The number of allylic oxidation sites excluding steroid dienone is 2. The van der Waals surface area contributed by atoms with Crippen LogP contribution in [0.2, 0.25) is 0 Å². The van der Waals surface area contributed by atoms with E-state index in [9.17, 15) is 13.6 Å². The van der Waals surface area contributed by atoms with Gasteiger partial charge in [0.25, 0.3) is 11.8 Å². The van der Waals surface area contributed by atoms with Crippen LogP contribution in [0.1, 0.15) is 6.42 Å². The van der Waals surface area contributed by atoms with Gasteiger partial charge < -0.3 is 21.0 Å². The fourth-order valence-electron chi connectivity index (χ4n) is 2.91. The predicted octanol–water partition coefficient (Wildman–Crippen LogP) is -0.137. The number of halogens is 2. The lowest BCUT2D eigenvalue weighted by molar-refractivity contribution is -0.118. The SMILES string of the molecule is O=C(NC1=CC=CNN1)C1=CNC2C=CC(N3CCC(F)(F)C3)=NN12. The highest BCUT2D eigenvalue weighted by molar-refractivity contribution is 5.97. The number of hydrazone groups is 1. The highest BCUT2D eigenvalue weighted by atomic mass is 19.3. The van der Waals surface area contributed by atoms with Gasteiger partial charge in [0.1, 0.15) is 23.5 Å². The predicted molar refractivity (Wildman–Crippen MR) is 86.2 cm³/mol. The number of carbonyl (C=O) groups excluding carboxylic acids is 1. The Hall–Kier alpha value is -3.04. The summed E-state index contributed by atoms with van der Waals surface area (Å²) in [6.07, 6.45) is 9.67. The lowest BCUT2D eigenvalue weighted by Crippen LogP contribution is -2.43. The van der Waals surface area contributed by atoms with E-state index in [1.165, 1.54) is 9.91 Å². The van der Waals surface area contributed by atoms with Crippen molar-refractivity contribution in [2.75, 3.05) is 13.1 Å². The first-order chi connectivity index (χ1) is 12.0. The van der Waals surface area contributed by atoms with Gasteiger partial charge in [0.15, 0.2) is 0 Å². The third-order valence-electron chi connectivity index (χ3n) is 4.16. The Balaban J connectivity index is 1.48. The van der Waals surface area contributed by atoms with E-state index in [1.807, 2.05) is 0 Å². The van der Waals surface area contributed by atoms with Crippen LogP contribution in [0.25, 0.3) is 0 Å². The number of hydrogen-bond acceptors (Lipinski definition) is 7. The molecule has 0 spiro atoms. The molecule has 4 aliphatic heterocycles. The molecule has 4 rings (SSSR count). The molecule has 0 radical (unpaired) electrons. The summed E-state index contributed by atoms with van der Waals surface area (Å²) in [6, 6.07) is 0. The average molecular weight is 349 g/mol. The molecule has 10 heteroatoms. The summed E-state index contributed by atoms with van der Waals surface area (Å²) in [4.78, 5) is 14.0. The molecule has 1 fully saturated rings. The van der Waals surface area contributed by atoms with Gasteiger partial charge in [-0.05, 0) is 24.3 Å². The molecule has 1 saturated heterocycles. The van der Waals surface area contributed by atoms with Crippen molar-refractivity contribution in [1.82, 2.24) is 31.4 Å². The zero-order valence-electron chi connectivity index (χ0n) is 13.2. The number of amidine groups is 1. The summed E-state index contributed by atoms with van der Waals surface area (Å²) in [7, 11) is 0. The molecule has 4 heterocycles. The van der Waals surface area contributed by atoms with Crippen molar-refractivity contribution in [2.45, 2.75) is 18.5 Å². The van der Waals surface area contributed by atoms with Crippen molar-refractivity contribution < 1.29 is 13.6 Å². The van der Waals surface area contributed by atoms with E-state index in [-0.39, 0.29) is 31.6 Å². The maximum absolute atomic E-state index is 13.4. The molecule has 0 aromatic heterocycles. The molecule has 8 nitrogen and oxygen atoms in total. The van der Waals surface area contributed by atoms with Crippen LogP contribution in [0, 0.1) is 0 Å². The maximum atomic E-state index is 13.4. The smallest absolute Gasteiger partial charge is 0.276 e. The second-order valence-electron chi connectivity index (χ2n) is 5.99. The Morgan fingerprint density at radius 2 is 2.32 bits per heavy atom. The van der Waals surface area contributed by atoms with Gasteiger partial charge >= 0.3 is 0 Å². The Bertz CT molecular complexity index is 740. The third kappa shape index (κ3) is 3.02. The minimum atomic E-state index is -2.70. The average Bonchev–Trinajstić information content (AvgIpc) is 3.18. The summed E-state index contributed by atoms with van der Waals surface area (Å²) >= 11 is 0. The minimum Gasteiger partial charge on any atom is -0.365 e. The van der Waals surface area contributed by atoms with E-state index in [2.05, 4.69) is 26.6 Å². The number of fused-ring (bicyclic) bond motifs is 1. The highest BCUT2D eigenvalue weighted by Gasteiger charge is 2.40. The van der Waals surface area contributed by atoms with Crippen molar-refractivity contribution in [2.24, 2.45) is 5.10 Å². The van der Waals surface area contributed by atoms with Gasteiger partial charge in [0, 0.05) is 25.4 Å². The number of rotatable bonds is 2. The van der Waals surface area contributed by atoms with Crippen molar-refractivity contribution in [3.8, 4) is 0 Å². The summed E-state index contributed by atoms with van der Waals surface area (Å²) in [5.74, 6) is -2.15. The largest absolute Gasteiger partial charge is 0.365 e. The van der Waals surface area contributed by atoms with Crippen LogP contribution < -0.4 is 21.5 Å². The van der Waals surface area contributed by atoms with E-state index in [1.54, 1.807) is 36.7 Å². The molecule has 0 aromatic rings. The van der Waals surface area contributed by atoms with Gasteiger partial charge in [0.05, 0.1) is 6.54 Å². The highest BCUT2D eigenvalue weighted by Crippen LogP contribution is 2.29. The monoisotopic (exact) mass is 349 g/mol. The third-order valence-corrected chi connectivity index (χ3v) is 4.16. The summed E-state index contributed by atoms with van der Waals surface area (Å²) in [6.45, 7) is -0.121. The zero-order valence-corrected chi connectivity index (χ0v) is 13.2. The first-order valence-corrected chi connectivity index (χ1v) is 7.87. The topological polar surface area (TPSA) is 84.0 Å². The van der Waals surface area contributed by atoms with E-state index in [0.29, 0.717) is 17.4 Å². The number of nitrogens with one attached hydrogen (secondary N) is 4. The number of carbonyl (C=O) groups is 1. The first-order valence-electron chi connectivity index (χ1n) is 7.87. The molecular formula is C15H17F2N7O. The lowest BCUT2D eigenvalue weighted by Gasteiger charge is -2.29. The van der Waals surface area contributed by atoms with Crippen molar-refractivity contribution in [1.29, 1.82) is 0 Å². The van der Waals surface area contributed by atoms with Crippen LogP contribution in [-0.2, 0) is 4.79 Å². The summed E-state index contributed by atoms with van der Waals surface area (Å²) < 4.78 is 26.9. The molecule has 1 unspecified atom stereocenters. The van der Waals surface area contributed by atoms with Crippen molar-refractivity contribution in [3.63, 3.8) is 0 Å². The van der Waals surface area contributed by atoms with Crippen molar-refractivity contribution >= 4 is 11.7 Å². The number of nitrogens with zero attached hydrogens (tertiary/aromatic N) is 3. The Morgan fingerprint density at radius 1 is 1.44 bits per heavy atom. The Morgan fingerprint density at radius 3 is 3.04 bits per heavy atom. The van der Waals surface area contributed by atoms with Gasteiger partial charge in [-0.1, -0.05) is 0 Å². The number of amides is 1. The molecule has 4 aliphatic rings. The number of likely N-dealkylation sites (tertiary alicyclic amines) is 1. The standard InChI is InChI=1S/C15H17F2N7O/c16-15(17)5-7-23(9-15)13-4-3-12-18-8-10(24(12)22-13)14(25)20-11-2-1-6-19-21-11/h1-4,6,8,12,18-19,21H,5,7,9H2,(H,20,25). The second-order valence-corrected chi connectivity index (χ2v) is 5.99. The molecule has 0 aromatic carbocycles. The molecule has 0 bridgehead atoms. The van der Waals surface area contributed by atoms with Crippen molar-refractivity contribution in [3.05, 3.63) is 48.2 Å². The number of alkyl halides is 2. The Kier molecular flexibility index (Phi) is 3.59. The zero-order chi connectivity index (χ0) is 17.4. The maximum Gasteiger partial charge on any atom is 0.276 e. The van der Waals surface area contributed by atoms with Crippen LogP contribution >= 0.6 is 0 Å². The van der Waals surface area contributed by atoms with E-state index in [4.69, 9.17) is 0 Å². The summed E-state index contributed by atoms with van der Waals surface area (Å²) in [5.41, 5.74) is 5.85. The van der Waals surface area contributed by atoms with Crippen LogP contribution in [0.5, 0.6) is 0 Å². The van der Waals surface area contributed by atoms with E-state index >= 15 is 0 Å². The van der Waals surface area contributed by atoms with E-state index in [0.717, 1.165) is 0 Å². The molecule has 1 atom stereocenters. The molecule has 4 N–H and O–H groups in total. The van der Waals surface area contributed by atoms with Crippen LogP contribution in [0.15, 0.2) is 53.3 Å². The quantitative estimate of drug-likeness (QED) is 0.556. The fraction of sp³-hybridized carbons (Fsp3) is 0.333. The van der Waals surface area contributed by atoms with Gasteiger partial charge in [-0.2, -0.15) is 5.10 Å². The minimum absolute atomic E-state index is 0.189. The second kappa shape index (κ2) is 5.80. The number of hydrazine groups is 1. The normalized spacial score (nSPS) is 26.0. The summed E-state index contributed by atoms with van der Waals surface area (Å²) in [5, 5.41) is 11.6. The van der Waals surface area contributed by atoms with Gasteiger partial charge in [-0.25, -0.2) is 13.8 Å². The number of hydrogen-bond donors (Lipinski definition) is 4. The van der Waals surface area contributed by atoms with Gasteiger partial charge in [0.2, 0.25) is 0 Å².